The fourth-order valence-corrected chi connectivity index (χ4v) is 3.46. The van der Waals surface area contributed by atoms with Crippen molar-refractivity contribution in [3.8, 4) is 0 Å². The Morgan fingerprint density at radius 3 is 2.25 bits per heavy atom. The van der Waals surface area contributed by atoms with Crippen LogP contribution in [0.4, 0.5) is 22.0 Å². The third kappa shape index (κ3) is 5.15. The third-order valence-corrected chi connectivity index (χ3v) is 4.53. The number of carboxylic acid groups (broad SMARTS) is 1. The zero-order chi connectivity index (χ0) is 21.1. The molecule has 0 aliphatic carbocycles. The SMILES string of the molecule is CC(C)Cc1c(CSc2ncccn2)c(C(F)(F)F)nc(C(F)F)c1C(=O)O. The number of nitrogens with zero attached hydrogens (tertiary/aromatic N) is 3. The second kappa shape index (κ2) is 8.80. The fourth-order valence-electron chi connectivity index (χ4n) is 2.61. The number of pyridine rings is 1. The molecule has 0 aliphatic heterocycles. The van der Waals surface area contributed by atoms with Crippen LogP contribution in [-0.4, -0.2) is 26.0 Å². The number of thioether (sulfide) groups is 1. The molecule has 0 radical (unpaired) electrons. The molecule has 11 heteroatoms. The molecule has 1 N–H and O–H groups in total. The number of carbonyl (C=O) groups is 1. The normalized spacial score (nSPS) is 12.0. The Bertz CT molecular complexity index is 845. The van der Waals surface area contributed by atoms with Gasteiger partial charge in [0.1, 0.15) is 11.4 Å². The lowest BCUT2D eigenvalue weighted by Crippen LogP contribution is -2.21. The molecule has 0 unspecified atom stereocenters. The first-order valence-corrected chi connectivity index (χ1v) is 9.05. The molecule has 0 saturated heterocycles. The second-order valence-corrected chi connectivity index (χ2v) is 7.14. The molecule has 0 atom stereocenters. The van der Waals surface area contributed by atoms with Gasteiger partial charge in [0.2, 0.25) is 0 Å². The van der Waals surface area contributed by atoms with Gasteiger partial charge in [-0.05, 0) is 29.5 Å². The van der Waals surface area contributed by atoms with Crippen molar-refractivity contribution in [3.05, 3.63) is 46.5 Å². The Morgan fingerprint density at radius 1 is 1.18 bits per heavy atom. The number of hydrogen-bond acceptors (Lipinski definition) is 5. The van der Waals surface area contributed by atoms with E-state index in [0.717, 1.165) is 11.8 Å². The van der Waals surface area contributed by atoms with Crippen LogP contribution in [0.3, 0.4) is 0 Å². The predicted octanol–water partition coefficient (Wildman–Crippen LogP) is 5.02. The van der Waals surface area contributed by atoms with Crippen LogP contribution in [0.2, 0.25) is 0 Å². The minimum Gasteiger partial charge on any atom is -0.478 e. The molecular formula is C17H16F5N3O2S. The summed E-state index contributed by atoms with van der Waals surface area (Å²) in [6.45, 7) is 3.30. The van der Waals surface area contributed by atoms with E-state index >= 15 is 0 Å². The van der Waals surface area contributed by atoms with Crippen molar-refractivity contribution in [1.82, 2.24) is 15.0 Å². The van der Waals surface area contributed by atoms with E-state index in [9.17, 15) is 31.9 Å². The molecule has 2 aromatic heterocycles. The number of rotatable bonds is 7. The first kappa shape index (κ1) is 22.0. The molecule has 0 bridgehead atoms. The number of alkyl halides is 5. The summed E-state index contributed by atoms with van der Waals surface area (Å²) in [6, 6.07) is 1.52. The van der Waals surface area contributed by atoms with Crippen molar-refractivity contribution in [2.75, 3.05) is 0 Å². The highest BCUT2D eigenvalue weighted by molar-refractivity contribution is 7.98. The maximum absolute atomic E-state index is 13.6. The van der Waals surface area contributed by atoms with Crippen molar-refractivity contribution in [2.45, 2.75) is 43.8 Å². The number of halogens is 5. The summed E-state index contributed by atoms with van der Waals surface area (Å²) in [5.41, 5.74) is -4.49. The van der Waals surface area contributed by atoms with Gasteiger partial charge in [-0.15, -0.1) is 0 Å². The molecule has 0 spiro atoms. The quantitative estimate of drug-likeness (QED) is 0.385. The summed E-state index contributed by atoms with van der Waals surface area (Å²) in [4.78, 5) is 22.5. The topological polar surface area (TPSA) is 76.0 Å². The van der Waals surface area contributed by atoms with Gasteiger partial charge in [-0.2, -0.15) is 13.2 Å². The lowest BCUT2D eigenvalue weighted by atomic mass is 9.91. The molecule has 2 rings (SSSR count). The van der Waals surface area contributed by atoms with Gasteiger partial charge < -0.3 is 5.11 Å². The predicted molar refractivity (Wildman–Crippen MR) is 91.3 cm³/mol. The molecule has 2 aromatic rings. The van der Waals surface area contributed by atoms with Crippen LogP contribution in [0, 0.1) is 5.92 Å². The molecule has 2 heterocycles. The summed E-state index contributed by atoms with van der Waals surface area (Å²) in [5.74, 6) is -2.38. The molecule has 28 heavy (non-hydrogen) atoms. The van der Waals surface area contributed by atoms with E-state index in [1.165, 1.54) is 18.5 Å². The van der Waals surface area contributed by atoms with E-state index in [1.807, 2.05) is 0 Å². The Kier molecular flexibility index (Phi) is 6.91. The Hall–Kier alpha value is -2.30. The summed E-state index contributed by atoms with van der Waals surface area (Å²) in [6.07, 6.45) is -5.82. The van der Waals surface area contributed by atoms with E-state index in [-0.39, 0.29) is 28.8 Å². The van der Waals surface area contributed by atoms with Gasteiger partial charge in [-0.25, -0.2) is 28.5 Å². The highest BCUT2D eigenvalue weighted by Gasteiger charge is 2.40. The summed E-state index contributed by atoms with van der Waals surface area (Å²) in [7, 11) is 0. The smallest absolute Gasteiger partial charge is 0.433 e. The molecule has 0 aromatic carbocycles. The lowest BCUT2D eigenvalue weighted by Gasteiger charge is -2.21. The van der Waals surface area contributed by atoms with Crippen LogP contribution in [0.15, 0.2) is 23.6 Å². The van der Waals surface area contributed by atoms with Crippen LogP contribution in [-0.2, 0) is 18.3 Å². The molecular weight excluding hydrogens is 405 g/mol. The monoisotopic (exact) mass is 421 g/mol. The molecule has 152 valence electrons. The summed E-state index contributed by atoms with van der Waals surface area (Å²) < 4.78 is 67.4. The number of hydrogen-bond donors (Lipinski definition) is 1. The van der Waals surface area contributed by atoms with Crippen LogP contribution in [0.1, 0.15) is 53.1 Å². The van der Waals surface area contributed by atoms with Gasteiger partial charge in [-0.1, -0.05) is 25.6 Å². The van der Waals surface area contributed by atoms with Crippen molar-refractivity contribution >= 4 is 17.7 Å². The molecule has 0 aliphatic rings. The number of aromatic nitrogens is 3. The summed E-state index contributed by atoms with van der Waals surface area (Å²) >= 11 is 0.837. The van der Waals surface area contributed by atoms with Gasteiger partial charge in [0.05, 0.1) is 5.56 Å². The zero-order valence-electron chi connectivity index (χ0n) is 14.8. The maximum Gasteiger partial charge on any atom is 0.433 e. The van der Waals surface area contributed by atoms with Gasteiger partial charge in [-0.3, -0.25) is 0 Å². The number of aromatic carboxylic acids is 1. The first-order chi connectivity index (χ1) is 13.0. The van der Waals surface area contributed by atoms with Crippen molar-refractivity contribution < 1.29 is 31.9 Å². The van der Waals surface area contributed by atoms with E-state index < -0.39 is 41.1 Å². The van der Waals surface area contributed by atoms with E-state index in [1.54, 1.807) is 13.8 Å². The Morgan fingerprint density at radius 2 is 1.79 bits per heavy atom. The third-order valence-electron chi connectivity index (χ3n) is 3.63. The average molecular weight is 421 g/mol. The molecule has 0 amide bonds. The van der Waals surface area contributed by atoms with Gasteiger partial charge in [0.15, 0.2) is 5.16 Å². The lowest BCUT2D eigenvalue weighted by molar-refractivity contribution is -0.142. The standard InChI is InChI=1S/C17H16F5N3O2S/c1-8(2)6-9-10(7-28-16-23-4-3-5-24-16)13(17(20,21)22)25-12(14(18)19)11(9)15(26)27/h3-5,8,14H,6-7H2,1-2H3,(H,26,27). The van der Waals surface area contributed by atoms with Crippen molar-refractivity contribution in [1.29, 1.82) is 0 Å². The minimum absolute atomic E-state index is 0.126. The molecule has 0 fully saturated rings. The van der Waals surface area contributed by atoms with Crippen LogP contribution < -0.4 is 0 Å². The average Bonchev–Trinajstić information content (AvgIpc) is 2.58. The van der Waals surface area contributed by atoms with Gasteiger partial charge >= 0.3 is 12.1 Å². The van der Waals surface area contributed by atoms with E-state index in [4.69, 9.17) is 0 Å². The van der Waals surface area contributed by atoms with Crippen LogP contribution in [0.5, 0.6) is 0 Å². The highest BCUT2D eigenvalue weighted by atomic mass is 32.2. The Labute approximate surface area is 161 Å². The minimum atomic E-state index is -5.03. The summed E-state index contributed by atoms with van der Waals surface area (Å²) in [5, 5.41) is 9.59. The van der Waals surface area contributed by atoms with E-state index in [0.29, 0.717) is 0 Å². The van der Waals surface area contributed by atoms with Crippen molar-refractivity contribution in [3.63, 3.8) is 0 Å². The van der Waals surface area contributed by atoms with E-state index in [2.05, 4.69) is 15.0 Å². The van der Waals surface area contributed by atoms with Crippen LogP contribution >= 0.6 is 11.8 Å². The first-order valence-electron chi connectivity index (χ1n) is 8.06. The highest BCUT2D eigenvalue weighted by Crippen LogP contribution is 2.39. The van der Waals surface area contributed by atoms with Crippen LogP contribution in [0.25, 0.3) is 0 Å². The van der Waals surface area contributed by atoms with Gasteiger partial charge in [0, 0.05) is 18.1 Å². The second-order valence-electron chi connectivity index (χ2n) is 6.20. The van der Waals surface area contributed by atoms with Gasteiger partial charge in [0.25, 0.3) is 6.43 Å². The molecule has 5 nitrogen and oxygen atoms in total. The number of carboxylic acids is 1. The maximum atomic E-state index is 13.6. The Balaban J connectivity index is 2.72. The fraction of sp³-hybridized carbons (Fsp3) is 0.412. The zero-order valence-corrected chi connectivity index (χ0v) is 15.6. The van der Waals surface area contributed by atoms with Crippen molar-refractivity contribution in [2.24, 2.45) is 5.92 Å². The largest absolute Gasteiger partial charge is 0.478 e. The molecule has 0 saturated carbocycles.